The number of Topliss-reactive ketones (excluding diaryl/α,β-unsaturated/α-hetero) is 1. The number of carbonyl (C=O) groups is 1. The molecule has 0 rings (SSSR count). The number of allylic oxidation sites excluding steroid dienone is 2. The van der Waals surface area contributed by atoms with Crippen LogP contribution < -0.4 is 0 Å². The molecule has 0 amide bonds. The Balaban J connectivity index is 3.26. The molecule has 4 heteroatoms. The summed E-state index contributed by atoms with van der Waals surface area (Å²) < 4.78 is 35.9. The van der Waals surface area contributed by atoms with Crippen LogP contribution in [0.3, 0.4) is 0 Å². The van der Waals surface area contributed by atoms with Gasteiger partial charge < -0.3 is 0 Å². The second-order valence-electron chi connectivity index (χ2n) is 5.90. The molecule has 0 bridgehead atoms. The summed E-state index contributed by atoms with van der Waals surface area (Å²) in [7, 11) is 0. The van der Waals surface area contributed by atoms with Gasteiger partial charge in [0.1, 0.15) is 0 Å². The molecule has 0 radical (unpaired) electrons. The van der Waals surface area contributed by atoms with Gasteiger partial charge in [0.05, 0.1) is 0 Å². The number of carbonyl (C=O) groups excluding carboxylic acids is 1. The Morgan fingerprint density at radius 3 is 1.73 bits per heavy atom. The zero-order chi connectivity index (χ0) is 16.7. The van der Waals surface area contributed by atoms with Crippen LogP contribution in [0.4, 0.5) is 13.2 Å². The summed E-state index contributed by atoms with van der Waals surface area (Å²) in [6.45, 7) is 2.22. The van der Waals surface area contributed by atoms with Crippen molar-refractivity contribution >= 4 is 5.78 Å². The molecule has 0 aromatic heterocycles. The first-order valence-corrected chi connectivity index (χ1v) is 8.73. The van der Waals surface area contributed by atoms with E-state index in [2.05, 4.69) is 19.1 Å². The third-order valence-corrected chi connectivity index (χ3v) is 3.73. The molecule has 0 N–H and O–H groups in total. The first kappa shape index (κ1) is 21.2. The maximum absolute atomic E-state index is 12.0. The number of unbranched alkanes of at least 4 members (excludes halogenated alkanes) is 10. The van der Waals surface area contributed by atoms with Crippen LogP contribution in [-0.2, 0) is 4.79 Å². The van der Waals surface area contributed by atoms with Crippen molar-refractivity contribution in [1.82, 2.24) is 0 Å². The normalized spacial score (nSPS) is 12.2. The van der Waals surface area contributed by atoms with Crippen molar-refractivity contribution in [2.24, 2.45) is 0 Å². The standard InChI is InChI=1S/C18H31F3O/c1-2-3-4-5-6-7-8-9-10-11-12-13-14-15-16-17(22)18(19,20)21/h9-10H,2-8,11-16H2,1H3/b10-9-. The van der Waals surface area contributed by atoms with Crippen LogP contribution in [0.2, 0.25) is 0 Å². The van der Waals surface area contributed by atoms with E-state index in [0.717, 1.165) is 25.7 Å². The number of alkyl halides is 3. The monoisotopic (exact) mass is 320 g/mol. The average molecular weight is 320 g/mol. The van der Waals surface area contributed by atoms with Gasteiger partial charge >= 0.3 is 6.18 Å². The first-order valence-electron chi connectivity index (χ1n) is 8.73. The largest absolute Gasteiger partial charge is 0.449 e. The summed E-state index contributed by atoms with van der Waals surface area (Å²) in [5.41, 5.74) is 0. The molecule has 0 saturated carbocycles. The van der Waals surface area contributed by atoms with Gasteiger partial charge in [-0.1, -0.05) is 64.0 Å². The molecule has 22 heavy (non-hydrogen) atoms. The second-order valence-corrected chi connectivity index (χ2v) is 5.90. The molecule has 0 atom stereocenters. The highest BCUT2D eigenvalue weighted by Crippen LogP contribution is 2.19. The Hall–Kier alpha value is -0.800. The van der Waals surface area contributed by atoms with E-state index in [1.54, 1.807) is 0 Å². The maximum atomic E-state index is 12.0. The fourth-order valence-corrected chi connectivity index (χ4v) is 2.32. The molecule has 0 saturated heterocycles. The number of hydrogen-bond donors (Lipinski definition) is 0. The molecular formula is C18H31F3O. The smallest absolute Gasteiger partial charge is 0.290 e. The maximum Gasteiger partial charge on any atom is 0.449 e. The highest BCUT2D eigenvalue weighted by Gasteiger charge is 2.36. The van der Waals surface area contributed by atoms with Crippen molar-refractivity contribution in [3.05, 3.63) is 12.2 Å². The molecule has 130 valence electrons. The van der Waals surface area contributed by atoms with Gasteiger partial charge in [-0.25, -0.2) is 0 Å². The SMILES string of the molecule is CCCCCCCC/C=C\CCCCCCC(=O)C(F)(F)F. The van der Waals surface area contributed by atoms with Gasteiger partial charge in [0.2, 0.25) is 5.78 Å². The van der Waals surface area contributed by atoms with E-state index < -0.39 is 12.0 Å². The zero-order valence-electron chi connectivity index (χ0n) is 13.9. The van der Waals surface area contributed by atoms with Crippen molar-refractivity contribution in [1.29, 1.82) is 0 Å². The minimum atomic E-state index is -4.65. The Morgan fingerprint density at radius 1 is 0.773 bits per heavy atom. The fraction of sp³-hybridized carbons (Fsp3) is 0.833. The average Bonchev–Trinajstić information content (AvgIpc) is 2.46. The van der Waals surface area contributed by atoms with Crippen molar-refractivity contribution in [2.75, 3.05) is 0 Å². The van der Waals surface area contributed by atoms with Gasteiger partial charge in [0, 0.05) is 6.42 Å². The minimum Gasteiger partial charge on any atom is -0.290 e. The van der Waals surface area contributed by atoms with E-state index in [0.29, 0.717) is 12.8 Å². The fourth-order valence-electron chi connectivity index (χ4n) is 2.32. The molecule has 0 aliphatic heterocycles. The van der Waals surface area contributed by atoms with E-state index in [1.165, 1.54) is 38.5 Å². The predicted octanol–water partition coefficient (Wildman–Crippen LogP) is 6.77. The van der Waals surface area contributed by atoms with Crippen LogP contribution in [0.25, 0.3) is 0 Å². The van der Waals surface area contributed by atoms with E-state index in [4.69, 9.17) is 0 Å². The third kappa shape index (κ3) is 14.2. The lowest BCUT2D eigenvalue weighted by Gasteiger charge is -2.04. The second kappa shape index (κ2) is 13.8. The highest BCUT2D eigenvalue weighted by molar-refractivity contribution is 5.83. The molecule has 0 aliphatic carbocycles. The molecule has 1 nitrogen and oxygen atoms in total. The first-order chi connectivity index (χ1) is 10.5. The molecule has 0 aromatic rings. The van der Waals surface area contributed by atoms with Gasteiger partial charge in [-0.2, -0.15) is 13.2 Å². The van der Waals surface area contributed by atoms with Crippen LogP contribution in [0, 0.1) is 0 Å². The van der Waals surface area contributed by atoms with Gasteiger partial charge in [-0.15, -0.1) is 0 Å². The summed E-state index contributed by atoms with van der Waals surface area (Å²) in [4.78, 5) is 10.6. The lowest BCUT2D eigenvalue weighted by molar-refractivity contribution is -0.171. The summed E-state index contributed by atoms with van der Waals surface area (Å²) in [6.07, 6.45) is 12.3. The van der Waals surface area contributed by atoms with Crippen LogP contribution in [0.1, 0.15) is 90.4 Å². The van der Waals surface area contributed by atoms with Gasteiger partial charge in [0.25, 0.3) is 0 Å². The van der Waals surface area contributed by atoms with Gasteiger partial charge in [-0.3, -0.25) is 4.79 Å². The molecule has 0 heterocycles. The van der Waals surface area contributed by atoms with Crippen molar-refractivity contribution in [2.45, 2.75) is 96.6 Å². The predicted molar refractivity (Wildman–Crippen MR) is 85.9 cm³/mol. The number of ketones is 1. The van der Waals surface area contributed by atoms with Crippen LogP contribution in [-0.4, -0.2) is 12.0 Å². The van der Waals surface area contributed by atoms with E-state index >= 15 is 0 Å². The lowest BCUT2D eigenvalue weighted by atomic mass is 10.1. The molecule has 0 spiro atoms. The Labute approximate surface area is 133 Å². The van der Waals surface area contributed by atoms with Crippen LogP contribution in [0.5, 0.6) is 0 Å². The van der Waals surface area contributed by atoms with Gasteiger partial charge in [-0.05, 0) is 32.1 Å². The summed E-state index contributed by atoms with van der Waals surface area (Å²) >= 11 is 0. The van der Waals surface area contributed by atoms with Crippen LogP contribution in [0.15, 0.2) is 12.2 Å². The van der Waals surface area contributed by atoms with E-state index in [-0.39, 0.29) is 6.42 Å². The molecule has 0 unspecified atom stereocenters. The Morgan fingerprint density at radius 2 is 1.23 bits per heavy atom. The third-order valence-electron chi connectivity index (χ3n) is 3.73. The number of rotatable bonds is 14. The Bertz CT molecular complexity index is 295. The van der Waals surface area contributed by atoms with Crippen molar-refractivity contribution in [3.8, 4) is 0 Å². The molecule has 0 fully saturated rings. The topological polar surface area (TPSA) is 17.1 Å². The van der Waals surface area contributed by atoms with E-state index in [9.17, 15) is 18.0 Å². The molecular weight excluding hydrogens is 289 g/mol. The lowest BCUT2D eigenvalue weighted by Crippen LogP contribution is -2.22. The number of halogens is 3. The minimum absolute atomic E-state index is 0.347. The summed E-state index contributed by atoms with van der Waals surface area (Å²) in [5, 5.41) is 0. The zero-order valence-corrected chi connectivity index (χ0v) is 13.9. The Kier molecular flexibility index (Phi) is 13.3. The quantitative estimate of drug-likeness (QED) is 0.255. The van der Waals surface area contributed by atoms with E-state index in [1.807, 2.05) is 0 Å². The van der Waals surface area contributed by atoms with Gasteiger partial charge in [0.15, 0.2) is 0 Å². The molecule has 0 aliphatic rings. The van der Waals surface area contributed by atoms with Crippen LogP contribution >= 0.6 is 0 Å². The van der Waals surface area contributed by atoms with Crippen molar-refractivity contribution in [3.63, 3.8) is 0 Å². The summed E-state index contributed by atoms with van der Waals surface area (Å²) in [6, 6.07) is 0. The number of hydrogen-bond acceptors (Lipinski definition) is 1. The van der Waals surface area contributed by atoms with Crippen molar-refractivity contribution < 1.29 is 18.0 Å². The summed E-state index contributed by atoms with van der Waals surface area (Å²) in [5.74, 6) is -1.59. The highest BCUT2D eigenvalue weighted by atomic mass is 19.4. The molecule has 0 aromatic carbocycles.